The Hall–Kier alpha value is -2.12. The highest BCUT2D eigenvalue weighted by atomic mass is 16.5. The van der Waals surface area contributed by atoms with Crippen molar-refractivity contribution in [1.82, 2.24) is 0 Å². The molecule has 0 amide bonds. The summed E-state index contributed by atoms with van der Waals surface area (Å²) in [7, 11) is 0. The highest BCUT2D eigenvalue weighted by Gasteiger charge is 2.23. The Morgan fingerprint density at radius 3 is 1.17 bits per heavy atom. The zero-order valence-electron chi connectivity index (χ0n) is 18.4. The molecule has 0 aliphatic heterocycles. The third-order valence-electron chi connectivity index (χ3n) is 4.94. The maximum atomic E-state index is 11.8. The van der Waals surface area contributed by atoms with E-state index in [4.69, 9.17) is 19.7 Å². The van der Waals surface area contributed by atoms with Crippen LogP contribution in [0, 0.1) is 11.8 Å². The van der Waals surface area contributed by atoms with E-state index in [1.54, 1.807) is 13.8 Å². The minimum absolute atomic E-state index is 0.187. The number of aliphatic carboxylic acids is 2. The van der Waals surface area contributed by atoms with Gasteiger partial charge in [0.25, 0.3) is 0 Å². The monoisotopic (exact) mass is 430 g/mol. The second kappa shape index (κ2) is 17.7. The van der Waals surface area contributed by atoms with Gasteiger partial charge in [0.15, 0.2) is 0 Å². The molecule has 8 nitrogen and oxygen atoms in total. The fraction of sp³-hybridized carbons (Fsp3) is 0.818. The molecule has 0 spiro atoms. The van der Waals surface area contributed by atoms with Gasteiger partial charge in [-0.3, -0.25) is 19.2 Å². The Bertz CT molecular complexity index is 471. The van der Waals surface area contributed by atoms with Crippen molar-refractivity contribution >= 4 is 23.9 Å². The molecule has 174 valence electrons. The highest BCUT2D eigenvalue weighted by Crippen LogP contribution is 2.19. The minimum atomic E-state index is -0.985. The Kier molecular flexibility index (Phi) is 16.5. The van der Waals surface area contributed by atoms with Gasteiger partial charge < -0.3 is 19.7 Å². The summed E-state index contributed by atoms with van der Waals surface area (Å²) in [5.74, 6) is -3.96. The van der Waals surface area contributed by atoms with E-state index in [2.05, 4.69) is 0 Å². The number of hydrogen-bond acceptors (Lipinski definition) is 6. The molecule has 2 unspecified atom stereocenters. The summed E-state index contributed by atoms with van der Waals surface area (Å²) in [4.78, 5) is 45.3. The van der Waals surface area contributed by atoms with E-state index in [1.165, 1.54) is 0 Å². The van der Waals surface area contributed by atoms with E-state index in [1.807, 2.05) is 0 Å². The van der Waals surface area contributed by atoms with Gasteiger partial charge in [0, 0.05) is 0 Å². The molecule has 0 aromatic rings. The predicted molar refractivity (Wildman–Crippen MR) is 111 cm³/mol. The van der Waals surface area contributed by atoms with Gasteiger partial charge in [0.1, 0.15) is 0 Å². The fourth-order valence-corrected chi connectivity index (χ4v) is 3.39. The van der Waals surface area contributed by atoms with Crippen molar-refractivity contribution in [1.29, 1.82) is 0 Å². The van der Waals surface area contributed by atoms with Crippen LogP contribution < -0.4 is 0 Å². The first-order chi connectivity index (χ1) is 14.3. The maximum Gasteiger partial charge on any atom is 0.309 e. The van der Waals surface area contributed by atoms with Crippen LogP contribution in [-0.2, 0) is 28.7 Å². The van der Waals surface area contributed by atoms with Crippen molar-refractivity contribution in [2.45, 2.75) is 90.9 Å². The summed E-state index contributed by atoms with van der Waals surface area (Å²) in [6.07, 6.45) is 8.33. The molecule has 0 aliphatic rings. The second-order valence-corrected chi connectivity index (χ2v) is 7.50. The van der Waals surface area contributed by atoms with Crippen LogP contribution in [0.5, 0.6) is 0 Å². The van der Waals surface area contributed by atoms with Gasteiger partial charge in [0.2, 0.25) is 0 Å². The Morgan fingerprint density at radius 2 is 0.900 bits per heavy atom. The number of carbonyl (C=O) groups is 4. The highest BCUT2D eigenvalue weighted by molar-refractivity contribution is 5.79. The van der Waals surface area contributed by atoms with Crippen molar-refractivity contribution in [2.24, 2.45) is 11.8 Å². The Morgan fingerprint density at radius 1 is 0.600 bits per heavy atom. The van der Waals surface area contributed by atoms with Crippen LogP contribution in [0.15, 0.2) is 0 Å². The van der Waals surface area contributed by atoms with Crippen molar-refractivity contribution in [3.63, 3.8) is 0 Å². The van der Waals surface area contributed by atoms with Crippen LogP contribution in [0.3, 0.4) is 0 Å². The quantitative estimate of drug-likeness (QED) is 0.231. The lowest BCUT2D eigenvalue weighted by molar-refractivity contribution is -0.153. The molecule has 0 bridgehead atoms. The van der Waals surface area contributed by atoms with Gasteiger partial charge in [-0.1, -0.05) is 51.4 Å². The van der Waals surface area contributed by atoms with Crippen LogP contribution in [0.1, 0.15) is 90.9 Å². The zero-order chi connectivity index (χ0) is 22.8. The van der Waals surface area contributed by atoms with Gasteiger partial charge in [-0.05, 0) is 26.7 Å². The molecule has 30 heavy (non-hydrogen) atoms. The number of unbranched alkanes of at least 4 members (excludes halogenated alkanes) is 7. The Balaban J connectivity index is 3.87. The molecule has 0 fully saturated rings. The molecule has 0 saturated heterocycles. The van der Waals surface area contributed by atoms with Crippen LogP contribution in [0.2, 0.25) is 0 Å². The van der Waals surface area contributed by atoms with E-state index in [9.17, 15) is 19.2 Å². The molecular formula is C22H38O8. The summed E-state index contributed by atoms with van der Waals surface area (Å²) >= 11 is 0. The lowest BCUT2D eigenvalue weighted by Gasteiger charge is -2.13. The first kappa shape index (κ1) is 27.9. The lowest BCUT2D eigenvalue weighted by atomic mass is 9.96. The van der Waals surface area contributed by atoms with Crippen molar-refractivity contribution in [2.75, 3.05) is 13.2 Å². The predicted octanol–water partition coefficient (Wildman–Crippen LogP) is 4.20. The van der Waals surface area contributed by atoms with Crippen molar-refractivity contribution in [3.05, 3.63) is 0 Å². The molecule has 0 aromatic heterocycles. The number of esters is 2. The van der Waals surface area contributed by atoms with Crippen LogP contribution in [0.4, 0.5) is 0 Å². The molecule has 8 heteroatoms. The molecule has 0 aromatic carbocycles. The van der Waals surface area contributed by atoms with Crippen LogP contribution >= 0.6 is 0 Å². The standard InChI is InChI=1S/C22H38O8/c1-3-29-21(27)17(15-19(23)24)13-11-9-7-5-6-8-10-12-14-18(16-20(25)26)22(28)30-4-2/h17-18H,3-16H2,1-2H3,(H,23,24)(H,25,26). The van der Waals surface area contributed by atoms with Gasteiger partial charge in [-0.25, -0.2) is 0 Å². The molecule has 2 atom stereocenters. The Labute approximate surface area is 179 Å². The van der Waals surface area contributed by atoms with Crippen molar-refractivity contribution in [3.8, 4) is 0 Å². The van der Waals surface area contributed by atoms with E-state index < -0.39 is 35.7 Å². The maximum absolute atomic E-state index is 11.8. The summed E-state index contributed by atoms with van der Waals surface area (Å²) in [5, 5.41) is 17.8. The van der Waals surface area contributed by atoms with E-state index in [-0.39, 0.29) is 26.1 Å². The second-order valence-electron chi connectivity index (χ2n) is 7.50. The normalized spacial score (nSPS) is 12.7. The van der Waals surface area contributed by atoms with Crippen LogP contribution in [-0.4, -0.2) is 47.3 Å². The lowest BCUT2D eigenvalue weighted by Crippen LogP contribution is -2.21. The van der Waals surface area contributed by atoms with E-state index in [0.29, 0.717) is 12.8 Å². The summed E-state index contributed by atoms with van der Waals surface area (Å²) in [6, 6.07) is 0. The average molecular weight is 431 g/mol. The molecular weight excluding hydrogens is 392 g/mol. The van der Waals surface area contributed by atoms with E-state index >= 15 is 0 Å². The topological polar surface area (TPSA) is 127 Å². The first-order valence-corrected chi connectivity index (χ1v) is 11.1. The SMILES string of the molecule is CCOC(=O)C(CCCCCCCCCCC(CC(=O)O)C(=O)OCC)CC(=O)O. The summed E-state index contributed by atoms with van der Waals surface area (Å²) < 4.78 is 9.88. The molecule has 0 heterocycles. The molecule has 0 aliphatic carbocycles. The average Bonchev–Trinajstić information content (AvgIpc) is 2.67. The molecule has 0 radical (unpaired) electrons. The minimum Gasteiger partial charge on any atom is -0.481 e. The largest absolute Gasteiger partial charge is 0.481 e. The summed E-state index contributed by atoms with van der Waals surface area (Å²) in [5.41, 5.74) is 0. The smallest absolute Gasteiger partial charge is 0.309 e. The summed E-state index contributed by atoms with van der Waals surface area (Å²) in [6.45, 7) is 3.93. The van der Waals surface area contributed by atoms with Gasteiger partial charge >= 0.3 is 23.9 Å². The van der Waals surface area contributed by atoms with Gasteiger partial charge in [-0.2, -0.15) is 0 Å². The third-order valence-corrected chi connectivity index (χ3v) is 4.94. The number of carbonyl (C=O) groups excluding carboxylic acids is 2. The number of hydrogen-bond donors (Lipinski definition) is 2. The zero-order valence-corrected chi connectivity index (χ0v) is 18.4. The van der Waals surface area contributed by atoms with Crippen LogP contribution in [0.25, 0.3) is 0 Å². The molecule has 2 N–H and O–H groups in total. The molecule has 0 rings (SSSR count). The number of rotatable bonds is 19. The first-order valence-electron chi connectivity index (χ1n) is 11.1. The third kappa shape index (κ3) is 14.8. The van der Waals surface area contributed by atoms with Gasteiger partial charge in [-0.15, -0.1) is 0 Å². The number of ether oxygens (including phenoxy) is 2. The molecule has 0 saturated carbocycles. The van der Waals surface area contributed by atoms with E-state index in [0.717, 1.165) is 51.4 Å². The fourth-order valence-electron chi connectivity index (χ4n) is 3.39. The van der Waals surface area contributed by atoms with Crippen molar-refractivity contribution < 1.29 is 38.9 Å². The number of carboxylic acids is 2. The van der Waals surface area contributed by atoms with Gasteiger partial charge in [0.05, 0.1) is 37.9 Å². The number of carboxylic acid groups (broad SMARTS) is 2.